The van der Waals surface area contributed by atoms with Gasteiger partial charge in [-0.3, -0.25) is 10.3 Å². The first-order valence-electron chi connectivity index (χ1n) is 10.5. The second-order valence-corrected chi connectivity index (χ2v) is 7.13. The van der Waals surface area contributed by atoms with Crippen LogP contribution in [-0.2, 0) is 16.0 Å². The molecule has 1 saturated heterocycles. The zero-order chi connectivity index (χ0) is 22.3. The van der Waals surface area contributed by atoms with Crippen molar-refractivity contribution in [2.24, 2.45) is 10.7 Å². The summed E-state index contributed by atoms with van der Waals surface area (Å²) in [5.74, 6) is 0.928. The van der Waals surface area contributed by atoms with E-state index in [0.29, 0.717) is 38.1 Å². The van der Waals surface area contributed by atoms with Crippen molar-refractivity contribution in [1.29, 1.82) is 5.41 Å². The first-order valence-corrected chi connectivity index (χ1v) is 10.5. The molecule has 10 nitrogen and oxygen atoms in total. The Morgan fingerprint density at radius 3 is 2.71 bits per heavy atom. The minimum Gasteiger partial charge on any atom is -0.476 e. The summed E-state index contributed by atoms with van der Waals surface area (Å²) in [5.41, 5.74) is 7.08. The van der Waals surface area contributed by atoms with Gasteiger partial charge in [-0.05, 0) is 38.2 Å². The van der Waals surface area contributed by atoms with E-state index in [1.165, 1.54) is 19.3 Å². The van der Waals surface area contributed by atoms with Crippen molar-refractivity contribution in [3.63, 3.8) is 0 Å². The third-order valence-electron chi connectivity index (χ3n) is 4.84. The number of likely N-dealkylation sites (tertiary alicyclic amines) is 1. The summed E-state index contributed by atoms with van der Waals surface area (Å²) in [7, 11) is 1.61. The third-order valence-corrected chi connectivity index (χ3v) is 4.84. The number of amidine groups is 1. The molecule has 0 spiro atoms. The number of aliphatic imine (C=N–C) groups is 1. The molecule has 0 aliphatic carbocycles. The zero-order valence-corrected chi connectivity index (χ0v) is 18.4. The van der Waals surface area contributed by atoms with E-state index in [4.69, 9.17) is 25.4 Å². The summed E-state index contributed by atoms with van der Waals surface area (Å²) in [5, 5.41) is 14.0. The van der Waals surface area contributed by atoms with E-state index in [1.807, 2.05) is 12.1 Å². The minimum absolute atomic E-state index is 0.123. The molecule has 0 saturated carbocycles. The smallest absolute Gasteiger partial charge is 0.213 e. The molecule has 10 heteroatoms. The molecule has 0 bridgehead atoms. The van der Waals surface area contributed by atoms with E-state index in [9.17, 15) is 0 Å². The number of ether oxygens (including phenoxy) is 3. The van der Waals surface area contributed by atoms with Gasteiger partial charge in [0.1, 0.15) is 24.9 Å². The lowest BCUT2D eigenvalue weighted by Crippen LogP contribution is -2.33. The zero-order valence-electron chi connectivity index (χ0n) is 18.4. The Bertz CT molecular complexity index is 703. The van der Waals surface area contributed by atoms with E-state index in [2.05, 4.69) is 32.2 Å². The molecular formula is C21H35N7O3. The van der Waals surface area contributed by atoms with Gasteiger partial charge in [0.05, 0.1) is 13.2 Å². The fourth-order valence-electron chi connectivity index (χ4n) is 3.05. The standard InChI is InChI=1S/C21H35N7O3/c1-24-20(23)19(22)21(27-16-30-13-12-29-2)26-15-17-6-7-18(25-14-17)31-11-10-28-8-4-3-5-9-28/h6-7,14,23,26-27H,1,3-5,8-13,15-16,22H2,2H3/b21-19+,23-20?. The lowest BCUT2D eigenvalue weighted by atomic mass is 10.1. The summed E-state index contributed by atoms with van der Waals surface area (Å²) < 4.78 is 16.1. The molecule has 0 atom stereocenters. The minimum atomic E-state index is -0.123. The highest BCUT2D eigenvalue weighted by molar-refractivity contribution is 5.98. The van der Waals surface area contributed by atoms with E-state index in [-0.39, 0.29) is 18.3 Å². The fourth-order valence-corrected chi connectivity index (χ4v) is 3.05. The van der Waals surface area contributed by atoms with Gasteiger partial charge < -0.3 is 30.6 Å². The number of nitrogens with zero attached hydrogens (tertiary/aromatic N) is 3. The quantitative estimate of drug-likeness (QED) is 0.148. The van der Waals surface area contributed by atoms with E-state index in [1.54, 1.807) is 13.3 Å². The average Bonchev–Trinajstić information content (AvgIpc) is 2.81. The summed E-state index contributed by atoms with van der Waals surface area (Å²) in [6, 6.07) is 3.80. The second kappa shape index (κ2) is 14.3. The Kier molecular flexibility index (Phi) is 11.4. The van der Waals surface area contributed by atoms with Crippen molar-refractivity contribution in [1.82, 2.24) is 20.5 Å². The van der Waals surface area contributed by atoms with Gasteiger partial charge in [-0.1, -0.05) is 12.5 Å². The molecule has 5 N–H and O–H groups in total. The molecule has 1 fully saturated rings. The summed E-state index contributed by atoms with van der Waals surface area (Å²) in [6.07, 6.45) is 5.64. The summed E-state index contributed by atoms with van der Waals surface area (Å²) >= 11 is 0. The largest absolute Gasteiger partial charge is 0.476 e. The molecule has 31 heavy (non-hydrogen) atoms. The number of methoxy groups -OCH3 is 1. The number of hydrogen-bond donors (Lipinski definition) is 4. The van der Waals surface area contributed by atoms with Crippen LogP contribution < -0.4 is 21.1 Å². The van der Waals surface area contributed by atoms with Crippen molar-refractivity contribution < 1.29 is 14.2 Å². The van der Waals surface area contributed by atoms with Gasteiger partial charge in [0.15, 0.2) is 5.84 Å². The van der Waals surface area contributed by atoms with Crippen LogP contribution in [0.5, 0.6) is 5.88 Å². The average molecular weight is 434 g/mol. The maximum Gasteiger partial charge on any atom is 0.213 e. The topological polar surface area (TPSA) is 130 Å². The Morgan fingerprint density at radius 2 is 2.03 bits per heavy atom. The van der Waals surface area contributed by atoms with Gasteiger partial charge in [-0.25, -0.2) is 9.98 Å². The van der Waals surface area contributed by atoms with Crippen LogP contribution in [0.15, 0.2) is 34.8 Å². The highest BCUT2D eigenvalue weighted by atomic mass is 16.5. The van der Waals surface area contributed by atoms with Gasteiger partial charge in [0.25, 0.3) is 0 Å². The number of piperidine rings is 1. The van der Waals surface area contributed by atoms with Crippen LogP contribution in [-0.4, -0.2) is 75.7 Å². The molecule has 0 unspecified atom stereocenters. The first kappa shape index (κ1) is 24.6. The first-order chi connectivity index (χ1) is 15.1. The number of nitrogens with two attached hydrogens (primary N) is 1. The maximum absolute atomic E-state index is 7.78. The van der Waals surface area contributed by atoms with Crippen LogP contribution >= 0.6 is 0 Å². The predicted molar refractivity (Wildman–Crippen MR) is 121 cm³/mol. The SMILES string of the molecule is C=NC(=N)/C(N)=C(\NCOCCOC)NCc1ccc(OCCN2CCCCC2)nc1. The molecule has 2 heterocycles. The molecule has 1 aliphatic heterocycles. The van der Waals surface area contributed by atoms with Gasteiger partial charge in [-0.15, -0.1) is 0 Å². The van der Waals surface area contributed by atoms with Crippen LogP contribution in [0.2, 0.25) is 0 Å². The third kappa shape index (κ3) is 9.33. The van der Waals surface area contributed by atoms with Crippen molar-refractivity contribution >= 4 is 12.6 Å². The van der Waals surface area contributed by atoms with Gasteiger partial charge >= 0.3 is 0 Å². The highest BCUT2D eigenvalue weighted by Gasteiger charge is 2.10. The number of nitrogens with one attached hydrogen (secondary N) is 3. The van der Waals surface area contributed by atoms with Crippen molar-refractivity contribution in [2.75, 3.05) is 53.3 Å². The Labute approximate surface area is 184 Å². The molecule has 1 aromatic heterocycles. The molecule has 0 radical (unpaired) electrons. The molecule has 1 aromatic rings. The number of hydrogen-bond acceptors (Lipinski definition) is 9. The predicted octanol–water partition coefficient (Wildman–Crippen LogP) is 1.05. The molecular weight excluding hydrogens is 398 g/mol. The number of rotatable bonds is 14. The van der Waals surface area contributed by atoms with E-state index < -0.39 is 0 Å². The molecule has 172 valence electrons. The van der Waals surface area contributed by atoms with Crippen LogP contribution in [0.1, 0.15) is 24.8 Å². The van der Waals surface area contributed by atoms with Gasteiger partial charge in [-0.2, -0.15) is 0 Å². The van der Waals surface area contributed by atoms with E-state index >= 15 is 0 Å². The summed E-state index contributed by atoms with van der Waals surface area (Å²) in [6.45, 7) is 8.82. The Morgan fingerprint density at radius 1 is 1.23 bits per heavy atom. The Balaban J connectivity index is 1.81. The van der Waals surface area contributed by atoms with Crippen molar-refractivity contribution in [2.45, 2.75) is 25.8 Å². The van der Waals surface area contributed by atoms with Crippen molar-refractivity contribution in [3.8, 4) is 5.88 Å². The van der Waals surface area contributed by atoms with Crippen LogP contribution in [0, 0.1) is 5.41 Å². The van der Waals surface area contributed by atoms with Crippen LogP contribution in [0.3, 0.4) is 0 Å². The summed E-state index contributed by atoms with van der Waals surface area (Å²) in [4.78, 5) is 10.4. The monoisotopic (exact) mass is 433 g/mol. The number of pyridine rings is 1. The number of aromatic nitrogens is 1. The maximum atomic E-state index is 7.78. The van der Waals surface area contributed by atoms with Crippen LogP contribution in [0.4, 0.5) is 0 Å². The highest BCUT2D eigenvalue weighted by Crippen LogP contribution is 2.10. The van der Waals surface area contributed by atoms with Crippen LogP contribution in [0.25, 0.3) is 0 Å². The lowest BCUT2D eigenvalue weighted by molar-refractivity contribution is 0.0636. The second-order valence-electron chi connectivity index (χ2n) is 7.13. The van der Waals surface area contributed by atoms with Gasteiger partial charge in [0.2, 0.25) is 5.88 Å². The fraction of sp³-hybridized carbons (Fsp3) is 0.571. The molecule has 2 rings (SSSR count). The molecule has 1 aliphatic rings. The van der Waals surface area contributed by atoms with Gasteiger partial charge in [0, 0.05) is 32.5 Å². The molecule has 0 aromatic carbocycles. The van der Waals surface area contributed by atoms with Crippen molar-refractivity contribution in [3.05, 3.63) is 35.4 Å². The Hall–Kier alpha value is -2.69. The molecule has 0 amide bonds. The van der Waals surface area contributed by atoms with E-state index in [0.717, 1.165) is 25.2 Å². The lowest BCUT2D eigenvalue weighted by Gasteiger charge is -2.26. The normalized spacial score (nSPS) is 15.1.